The number of benzene rings is 2. The van der Waals surface area contributed by atoms with Crippen molar-refractivity contribution in [2.24, 2.45) is 0 Å². The minimum Gasteiger partial charge on any atom is -0.166 e. The van der Waals surface area contributed by atoms with Gasteiger partial charge in [0.1, 0.15) is 0 Å². The van der Waals surface area contributed by atoms with Gasteiger partial charge < -0.3 is 0 Å². The first kappa shape index (κ1) is 12.3. The van der Waals surface area contributed by atoms with Crippen molar-refractivity contribution in [3.63, 3.8) is 0 Å². The van der Waals surface area contributed by atoms with E-state index in [1.165, 1.54) is 12.1 Å². The quantitative estimate of drug-likeness (QED) is 0.656. The van der Waals surface area contributed by atoms with Gasteiger partial charge in [0.15, 0.2) is 0 Å². The topological polar surface area (TPSA) is 0 Å². The number of terminal acetylenes is 1. The summed E-state index contributed by atoms with van der Waals surface area (Å²) in [5.41, 5.74) is 0.664. The van der Waals surface area contributed by atoms with E-state index in [1.807, 2.05) is 0 Å². The van der Waals surface area contributed by atoms with Crippen LogP contribution < -0.4 is 0 Å². The summed E-state index contributed by atoms with van der Waals surface area (Å²) in [6, 6.07) is 11.9. The molecule has 0 nitrogen and oxygen atoms in total. The van der Waals surface area contributed by atoms with Crippen LogP contribution in [0.2, 0.25) is 0 Å². The summed E-state index contributed by atoms with van der Waals surface area (Å²) in [6.45, 7) is 0. The Kier molecular flexibility index (Phi) is 3.12. The summed E-state index contributed by atoms with van der Waals surface area (Å²) >= 11 is 0. The van der Waals surface area contributed by atoms with Crippen LogP contribution in [0.15, 0.2) is 48.5 Å². The minimum atomic E-state index is -4.36. The number of hydrogen-bond acceptors (Lipinski definition) is 0. The van der Waals surface area contributed by atoms with E-state index in [0.29, 0.717) is 11.1 Å². The zero-order valence-electron chi connectivity index (χ0n) is 9.33. The molecular formula is C15H9F3. The zero-order chi connectivity index (χ0) is 13.2. The van der Waals surface area contributed by atoms with E-state index < -0.39 is 11.7 Å². The summed E-state index contributed by atoms with van der Waals surface area (Å²) in [4.78, 5) is 0. The molecule has 0 saturated heterocycles. The first-order valence-corrected chi connectivity index (χ1v) is 5.25. The van der Waals surface area contributed by atoms with Crippen LogP contribution in [0.4, 0.5) is 13.2 Å². The van der Waals surface area contributed by atoms with Crippen LogP contribution in [0.3, 0.4) is 0 Å². The molecule has 0 bridgehead atoms. The van der Waals surface area contributed by atoms with Crippen LogP contribution in [0, 0.1) is 12.3 Å². The molecule has 2 aromatic carbocycles. The maximum Gasteiger partial charge on any atom is 0.417 e. The highest BCUT2D eigenvalue weighted by atomic mass is 19.4. The molecule has 2 aromatic rings. The average molecular weight is 246 g/mol. The van der Waals surface area contributed by atoms with Gasteiger partial charge in [0, 0.05) is 5.56 Å². The van der Waals surface area contributed by atoms with Crippen LogP contribution in [0.25, 0.3) is 11.1 Å². The van der Waals surface area contributed by atoms with Gasteiger partial charge in [0.2, 0.25) is 0 Å². The first-order chi connectivity index (χ1) is 8.52. The van der Waals surface area contributed by atoms with Gasteiger partial charge in [-0.15, -0.1) is 6.42 Å². The van der Waals surface area contributed by atoms with Gasteiger partial charge in [-0.25, -0.2) is 0 Å². The molecule has 0 unspecified atom stereocenters. The molecule has 0 radical (unpaired) electrons. The van der Waals surface area contributed by atoms with E-state index in [1.54, 1.807) is 30.3 Å². The van der Waals surface area contributed by atoms with Gasteiger partial charge >= 0.3 is 6.18 Å². The third kappa shape index (κ3) is 2.38. The molecule has 18 heavy (non-hydrogen) atoms. The lowest BCUT2D eigenvalue weighted by molar-refractivity contribution is -0.137. The summed E-state index contributed by atoms with van der Waals surface area (Å²) in [7, 11) is 0. The molecule has 0 aromatic heterocycles. The lowest BCUT2D eigenvalue weighted by Crippen LogP contribution is -2.06. The maximum atomic E-state index is 12.8. The van der Waals surface area contributed by atoms with Crippen LogP contribution in [0.1, 0.15) is 11.1 Å². The van der Waals surface area contributed by atoms with E-state index >= 15 is 0 Å². The largest absolute Gasteiger partial charge is 0.417 e. The highest BCUT2D eigenvalue weighted by Gasteiger charge is 2.33. The molecule has 0 saturated carbocycles. The van der Waals surface area contributed by atoms with Crippen molar-refractivity contribution in [2.75, 3.05) is 0 Å². The summed E-state index contributed by atoms with van der Waals surface area (Å²) in [5, 5.41) is 0. The van der Waals surface area contributed by atoms with Crippen LogP contribution in [0.5, 0.6) is 0 Å². The predicted molar refractivity (Wildman–Crippen MR) is 64.8 cm³/mol. The van der Waals surface area contributed by atoms with Gasteiger partial charge in [0.25, 0.3) is 0 Å². The Labute approximate surface area is 103 Å². The number of alkyl halides is 3. The number of hydrogen-bond donors (Lipinski definition) is 0. The van der Waals surface area contributed by atoms with Crippen molar-refractivity contribution in [3.05, 3.63) is 59.7 Å². The van der Waals surface area contributed by atoms with Crippen molar-refractivity contribution >= 4 is 0 Å². The minimum absolute atomic E-state index is 0.161. The fraction of sp³-hybridized carbons (Fsp3) is 0.0667. The van der Waals surface area contributed by atoms with Crippen molar-refractivity contribution in [1.29, 1.82) is 0 Å². The van der Waals surface area contributed by atoms with Crippen molar-refractivity contribution in [2.45, 2.75) is 6.18 Å². The Bertz CT molecular complexity index is 586. The lowest BCUT2D eigenvalue weighted by atomic mass is 9.98. The van der Waals surface area contributed by atoms with Gasteiger partial charge in [0.05, 0.1) is 5.56 Å². The Hall–Kier alpha value is -2.21. The van der Waals surface area contributed by atoms with Gasteiger partial charge in [-0.3, -0.25) is 0 Å². The summed E-state index contributed by atoms with van der Waals surface area (Å²) < 4.78 is 38.5. The van der Waals surface area contributed by atoms with E-state index in [2.05, 4.69) is 5.92 Å². The molecule has 0 aliphatic heterocycles. The summed E-state index contributed by atoms with van der Waals surface area (Å²) in [6.07, 6.45) is 0.848. The van der Waals surface area contributed by atoms with Crippen LogP contribution in [-0.2, 0) is 6.18 Å². The first-order valence-electron chi connectivity index (χ1n) is 5.25. The Morgan fingerprint density at radius 3 is 2.06 bits per heavy atom. The second-order valence-corrected chi connectivity index (χ2v) is 3.77. The average Bonchev–Trinajstić information content (AvgIpc) is 2.38. The van der Waals surface area contributed by atoms with Crippen molar-refractivity contribution in [3.8, 4) is 23.5 Å². The molecule has 3 heteroatoms. The molecule has 0 aliphatic carbocycles. The highest BCUT2D eigenvalue weighted by Crippen LogP contribution is 2.36. The predicted octanol–water partition coefficient (Wildman–Crippen LogP) is 4.35. The Morgan fingerprint density at radius 2 is 1.50 bits per heavy atom. The smallest absolute Gasteiger partial charge is 0.166 e. The summed E-state index contributed by atoms with van der Waals surface area (Å²) in [5.74, 6) is 2.43. The number of halogens is 3. The number of rotatable bonds is 1. The lowest BCUT2D eigenvalue weighted by Gasteiger charge is -2.12. The Balaban J connectivity index is 2.54. The van der Waals surface area contributed by atoms with Crippen molar-refractivity contribution in [1.82, 2.24) is 0 Å². The normalized spacial score (nSPS) is 11.0. The van der Waals surface area contributed by atoms with E-state index in [-0.39, 0.29) is 5.56 Å². The third-order valence-corrected chi connectivity index (χ3v) is 2.60. The van der Waals surface area contributed by atoms with E-state index in [4.69, 9.17) is 6.42 Å². The van der Waals surface area contributed by atoms with E-state index in [9.17, 15) is 13.2 Å². The van der Waals surface area contributed by atoms with Gasteiger partial charge in [-0.05, 0) is 29.3 Å². The fourth-order valence-electron chi connectivity index (χ4n) is 1.73. The molecule has 0 atom stereocenters. The third-order valence-electron chi connectivity index (χ3n) is 2.60. The monoisotopic (exact) mass is 246 g/mol. The molecule has 0 amide bonds. The zero-order valence-corrected chi connectivity index (χ0v) is 9.33. The highest BCUT2D eigenvalue weighted by molar-refractivity contribution is 5.68. The molecule has 0 aliphatic rings. The SMILES string of the molecule is C#Cc1ccc(-c2ccccc2C(F)(F)F)cc1. The molecule has 2 rings (SSSR count). The molecule has 0 heterocycles. The molecule has 0 spiro atoms. The molecule has 0 N–H and O–H groups in total. The van der Waals surface area contributed by atoms with Gasteiger partial charge in [-0.1, -0.05) is 36.3 Å². The van der Waals surface area contributed by atoms with Gasteiger partial charge in [-0.2, -0.15) is 13.2 Å². The van der Waals surface area contributed by atoms with Crippen LogP contribution >= 0.6 is 0 Å². The van der Waals surface area contributed by atoms with E-state index in [0.717, 1.165) is 6.07 Å². The van der Waals surface area contributed by atoms with Crippen molar-refractivity contribution < 1.29 is 13.2 Å². The fourth-order valence-corrected chi connectivity index (χ4v) is 1.73. The maximum absolute atomic E-state index is 12.8. The standard InChI is InChI=1S/C15H9F3/c1-2-11-7-9-12(10-8-11)13-5-3-4-6-14(13)15(16,17)18/h1,3-10H. The Morgan fingerprint density at radius 1 is 0.889 bits per heavy atom. The molecule has 90 valence electrons. The van der Waals surface area contributed by atoms with Crippen LogP contribution in [-0.4, -0.2) is 0 Å². The molecule has 0 fully saturated rings. The second kappa shape index (κ2) is 4.58. The molecular weight excluding hydrogens is 237 g/mol. The second-order valence-electron chi connectivity index (χ2n) is 3.77.